The van der Waals surface area contributed by atoms with Crippen LogP contribution in [0.5, 0.6) is 5.75 Å². The molecule has 11 heavy (non-hydrogen) atoms. The maximum atomic E-state index is 5.22. The number of anilines is 1. The van der Waals surface area contributed by atoms with Crippen molar-refractivity contribution in [3.63, 3.8) is 0 Å². The van der Waals surface area contributed by atoms with E-state index in [1.807, 2.05) is 31.2 Å². The highest BCUT2D eigenvalue weighted by Gasteiger charge is 2.14. The zero-order chi connectivity index (χ0) is 7.68. The van der Waals surface area contributed by atoms with Crippen LogP contribution in [0.15, 0.2) is 24.3 Å². The first kappa shape index (κ1) is 6.53. The van der Waals surface area contributed by atoms with Crippen LogP contribution in [-0.2, 0) is 0 Å². The summed E-state index contributed by atoms with van der Waals surface area (Å²) in [4.78, 5) is 0. The smallest absolute Gasteiger partial charge is 0.220 e. The molecule has 0 saturated heterocycles. The van der Waals surface area contributed by atoms with E-state index < -0.39 is 0 Å². The van der Waals surface area contributed by atoms with Gasteiger partial charge in [-0.3, -0.25) is 0 Å². The van der Waals surface area contributed by atoms with Crippen molar-refractivity contribution in [2.75, 3.05) is 5.32 Å². The molecule has 1 atom stereocenters. The van der Waals surface area contributed by atoms with Gasteiger partial charge in [-0.15, -0.1) is 0 Å². The minimum atomic E-state index is 0.171. The van der Waals surface area contributed by atoms with Crippen LogP contribution in [0.25, 0.3) is 0 Å². The van der Waals surface area contributed by atoms with Gasteiger partial charge >= 0.3 is 0 Å². The molecular weight excluding hydrogens is 138 g/mol. The first-order chi connectivity index (χ1) is 5.36. The van der Waals surface area contributed by atoms with E-state index in [4.69, 9.17) is 4.74 Å². The molecule has 1 aliphatic rings. The maximum absolute atomic E-state index is 5.22. The SMILES string of the molecule is CC1[C]Oc2ccccc2N1. The van der Waals surface area contributed by atoms with Crippen molar-refractivity contribution in [1.82, 2.24) is 0 Å². The third-order valence-electron chi connectivity index (χ3n) is 1.60. The van der Waals surface area contributed by atoms with Crippen LogP contribution >= 0.6 is 0 Å². The lowest BCUT2D eigenvalue weighted by Crippen LogP contribution is -2.23. The molecule has 0 aliphatic carbocycles. The van der Waals surface area contributed by atoms with Crippen molar-refractivity contribution in [3.8, 4) is 5.75 Å². The Morgan fingerprint density at radius 3 is 3.18 bits per heavy atom. The van der Waals surface area contributed by atoms with Gasteiger partial charge in [0.25, 0.3) is 0 Å². The second-order valence-corrected chi connectivity index (χ2v) is 2.58. The van der Waals surface area contributed by atoms with Crippen molar-refractivity contribution >= 4 is 5.69 Å². The molecule has 0 aromatic heterocycles. The fraction of sp³-hybridized carbons (Fsp3) is 0.222. The number of para-hydroxylation sites is 2. The zero-order valence-electron chi connectivity index (χ0n) is 6.29. The average Bonchev–Trinajstić information content (AvgIpc) is 2.04. The number of fused-ring (bicyclic) bond motifs is 1. The molecule has 1 aliphatic heterocycles. The standard InChI is InChI=1S/C9H9NO/c1-7-6-11-9-5-3-2-4-8(9)10-7/h2-5,7,10H,1H3. The van der Waals surface area contributed by atoms with Crippen molar-refractivity contribution in [1.29, 1.82) is 0 Å². The Bertz CT molecular complexity index is 259. The number of nitrogens with one attached hydrogen (secondary N) is 1. The minimum absolute atomic E-state index is 0.171. The fourth-order valence-corrected chi connectivity index (χ4v) is 1.09. The molecule has 0 bridgehead atoms. The van der Waals surface area contributed by atoms with Crippen LogP contribution in [0.2, 0.25) is 0 Å². The quantitative estimate of drug-likeness (QED) is 0.605. The van der Waals surface area contributed by atoms with E-state index in [0.717, 1.165) is 11.4 Å². The van der Waals surface area contributed by atoms with Crippen LogP contribution in [0.3, 0.4) is 0 Å². The molecule has 1 unspecified atom stereocenters. The molecule has 1 heterocycles. The van der Waals surface area contributed by atoms with E-state index in [9.17, 15) is 0 Å². The monoisotopic (exact) mass is 147 g/mol. The van der Waals surface area contributed by atoms with Gasteiger partial charge < -0.3 is 10.1 Å². The van der Waals surface area contributed by atoms with E-state index in [1.54, 1.807) is 0 Å². The van der Waals surface area contributed by atoms with Crippen LogP contribution in [0.4, 0.5) is 5.69 Å². The number of benzene rings is 1. The van der Waals surface area contributed by atoms with Crippen molar-refractivity contribution in [2.24, 2.45) is 0 Å². The summed E-state index contributed by atoms with van der Waals surface area (Å²) in [6.07, 6.45) is 0. The van der Waals surface area contributed by atoms with Gasteiger partial charge in [0.1, 0.15) is 5.75 Å². The Morgan fingerprint density at radius 1 is 1.45 bits per heavy atom. The van der Waals surface area contributed by atoms with E-state index in [-0.39, 0.29) is 6.04 Å². The van der Waals surface area contributed by atoms with Crippen molar-refractivity contribution < 1.29 is 4.74 Å². The number of rotatable bonds is 0. The lowest BCUT2D eigenvalue weighted by Gasteiger charge is -2.22. The Morgan fingerprint density at radius 2 is 2.27 bits per heavy atom. The third-order valence-corrected chi connectivity index (χ3v) is 1.60. The number of hydrogen-bond donors (Lipinski definition) is 1. The lowest BCUT2D eigenvalue weighted by molar-refractivity contribution is 0.372. The van der Waals surface area contributed by atoms with Gasteiger partial charge in [0, 0.05) is 0 Å². The second kappa shape index (κ2) is 2.46. The highest BCUT2D eigenvalue weighted by Crippen LogP contribution is 2.28. The molecule has 56 valence electrons. The molecular formula is C9H9NO. The number of ether oxygens (including phenoxy) is 1. The fourth-order valence-electron chi connectivity index (χ4n) is 1.09. The summed E-state index contributed by atoms with van der Waals surface area (Å²) >= 11 is 0. The Balaban J connectivity index is 2.34. The summed E-state index contributed by atoms with van der Waals surface area (Å²) in [6.45, 7) is 4.82. The molecule has 1 N–H and O–H groups in total. The van der Waals surface area contributed by atoms with E-state index >= 15 is 0 Å². The molecule has 2 heteroatoms. The van der Waals surface area contributed by atoms with Crippen LogP contribution < -0.4 is 10.1 Å². The molecule has 2 radical (unpaired) electrons. The highest BCUT2D eigenvalue weighted by atomic mass is 16.5. The zero-order valence-corrected chi connectivity index (χ0v) is 6.29. The molecule has 0 amide bonds. The largest absolute Gasteiger partial charge is 0.474 e. The lowest BCUT2D eigenvalue weighted by atomic mass is 10.2. The molecule has 0 fully saturated rings. The third kappa shape index (κ3) is 1.16. The van der Waals surface area contributed by atoms with Gasteiger partial charge in [0.15, 0.2) is 0 Å². The van der Waals surface area contributed by atoms with E-state index in [1.165, 1.54) is 0 Å². The topological polar surface area (TPSA) is 21.3 Å². The summed E-state index contributed by atoms with van der Waals surface area (Å²) in [6, 6.07) is 8.00. The summed E-state index contributed by atoms with van der Waals surface area (Å²) in [5.41, 5.74) is 1.04. The first-order valence-corrected chi connectivity index (χ1v) is 3.64. The molecule has 2 rings (SSSR count). The predicted molar refractivity (Wildman–Crippen MR) is 43.4 cm³/mol. The normalized spacial score (nSPS) is 21.4. The highest BCUT2D eigenvalue weighted by molar-refractivity contribution is 5.58. The van der Waals surface area contributed by atoms with Gasteiger partial charge in [-0.2, -0.15) is 0 Å². The molecule has 2 nitrogen and oxygen atoms in total. The van der Waals surface area contributed by atoms with Crippen LogP contribution in [0, 0.1) is 6.61 Å². The Kier molecular flexibility index (Phi) is 1.46. The van der Waals surface area contributed by atoms with Crippen LogP contribution in [-0.4, -0.2) is 6.04 Å². The van der Waals surface area contributed by atoms with Crippen molar-refractivity contribution in [3.05, 3.63) is 30.9 Å². The summed E-state index contributed by atoms with van der Waals surface area (Å²) < 4.78 is 5.22. The Hall–Kier alpha value is -1.18. The van der Waals surface area contributed by atoms with Gasteiger partial charge in [0.2, 0.25) is 6.61 Å². The second-order valence-electron chi connectivity index (χ2n) is 2.58. The molecule has 0 saturated carbocycles. The summed E-state index contributed by atoms with van der Waals surface area (Å²) in [7, 11) is 0. The average molecular weight is 147 g/mol. The maximum Gasteiger partial charge on any atom is 0.220 e. The van der Waals surface area contributed by atoms with E-state index in [2.05, 4.69) is 11.9 Å². The van der Waals surface area contributed by atoms with Crippen LogP contribution in [0.1, 0.15) is 6.92 Å². The van der Waals surface area contributed by atoms with Gasteiger partial charge in [-0.25, -0.2) is 0 Å². The van der Waals surface area contributed by atoms with E-state index in [0.29, 0.717) is 0 Å². The van der Waals surface area contributed by atoms with Gasteiger partial charge in [0.05, 0.1) is 11.7 Å². The number of hydrogen-bond acceptors (Lipinski definition) is 2. The molecule has 1 aromatic carbocycles. The summed E-state index contributed by atoms with van der Waals surface area (Å²) in [5, 5.41) is 3.22. The first-order valence-electron chi connectivity index (χ1n) is 3.64. The molecule has 0 spiro atoms. The van der Waals surface area contributed by atoms with Gasteiger partial charge in [-0.1, -0.05) is 12.1 Å². The predicted octanol–water partition coefficient (Wildman–Crippen LogP) is 1.92. The van der Waals surface area contributed by atoms with Crippen molar-refractivity contribution in [2.45, 2.75) is 13.0 Å². The Labute approximate surface area is 66.2 Å². The molecule has 1 aromatic rings. The van der Waals surface area contributed by atoms with Gasteiger partial charge in [-0.05, 0) is 19.1 Å². The minimum Gasteiger partial charge on any atom is -0.474 e. The summed E-state index contributed by atoms with van der Waals surface area (Å²) in [5.74, 6) is 0.852.